The van der Waals surface area contributed by atoms with Crippen LogP contribution in [0.15, 0.2) is 61.1 Å². The number of benzene rings is 1. The number of aliphatic hydroxyl groups is 1. The van der Waals surface area contributed by atoms with Gasteiger partial charge in [0.2, 0.25) is 5.91 Å². The molecule has 0 spiro atoms. The molecular weight excluding hydrogens is 494 g/mol. The molecule has 1 unspecified atom stereocenters. The van der Waals surface area contributed by atoms with E-state index in [4.69, 9.17) is 4.74 Å². The van der Waals surface area contributed by atoms with Crippen molar-refractivity contribution in [1.29, 1.82) is 0 Å². The quantitative estimate of drug-likeness (QED) is 0.499. The number of aromatic nitrogens is 2. The Morgan fingerprint density at radius 1 is 1.31 bits per heavy atom. The van der Waals surface area contributed by atoms with Crippen molar-refractivity contribution in [3.63, 3.8) is 0 Å². The average Bonchev–Trinajstić information content (AvgIpc) is 3.20. The van der Waals surface area contributed by atoms with Gasteiger partial charge in [0, 0.05) is 50.2 Å². The zero-order valence-electron chi connectivity index (χ0n) is 23.2. The molecular formula is C30H39N5O4. The molecule has 3 heterocycles. The minimum absolute atomic E-state index is 0.0741. The van der Waals surface area contributed by atoms with Gasteiger partial charge in [-0.15, -0.1) is 0 Å². The summed E-state index contributed by atoms with van der Waals surface area (Å²) < 4.78 is 7.04. The van der Waals surface area contributed by atoms with Crippen molar-refractivity contribution in [3.8, 4) is 0 Å². The standard InChI is InChI=1S/C30H39N5O4/c1-6-8-26-21(4)32-28-25(18-31-33(28)5)19-35(26)29(37)24-10-9-22(20(3)17-24)11-12-27(36)34-15-13-23(14-16-34)30(38)39-7-2/h6,8-10,17-18,23,30,32,38H,1,4,7,11-16,19H2,2-3,5H3/b26-8+. The van der Waals surface area contributed by atoms with Crippen molar-refractivity contribution >= 4 is 17.6 Å². The highest BCUT2D eigenvalue weighted by atomic mass is 16.6. The number of nitrogens with one attached hydrogen (secondary N) is 1. The summed E-state index contributed by atoms with van der Waals surface area (Å²) in [6.45, 7) is 13.9. The van der Waals surface area contributed by atoms with E-state index in [1.807, 2.05) is 44.0 Å². The molecule has 1 atom stereocenters. The Bertz CT molecular complexity index is 1270. The third-order valence-corrected chi connectivity index (χ3v) is 7.56. The second-order valence-electron chi connectivity index (χ2n) is 10.1. The highest BCUT2D eigenvalue weighted by molar-refractivity contribution is 5.96. The second kappa shape index (κ2) is 12.4. The monoisotopic (exact) mass is 533 g/mol. The third-order valence-electron chi connectivity index (χ3n) is 7.56. The highest BCUT2D eigenvalue weighted by Gasteiger charge is 2.29. The van der Waals surface area contributed by atoms with Gasteiger partial charge in [0.15, 0.2) is 6.29 Å². The first-order valence-electron chi connectivity index (χ1n) is 13.5. The fraction of sp³-hybridized carbons (Fsp3) is 0.433. The van der Waals surface area contributed by atoms with Crippen molar-refractivity contribution in [2.75, 3.05) is 25.0 Å². The predicted octanol–water partition coefficient (Wildman–Crippen LogP) is 3.91. The number of aryl methyl sites for hydroxylation is 3. The highest BCUT2D eigenvalue weighted by Crippen LogP contribution is 2.30. The maximum atomic E-state index is 13.7. The predicted molar refractivity (Wildman–Crippen MR) is 151 cm³/mol. The number of piperidine rings is 1. The number of hydrogen-bond acceptors (Lipinski definition) is 6. The van der Waals surface area contributed by atoms with Crippen LogP contribution in [0.25, 0.3) is 0 Å². The lowest BCUT2D eigenvalue weighted by atomic mass is 9.95. The number of carbonyl (C=O) groups excluding carboxylic acids is 2. The zero-order valence-corrected chi connectivity index (χ0v) is 23.2. The van der Waals surface area contributed by atoms with Crippen LogP contribution in [0, 0.1) is 12.8 Å². The number of ether oxygens (including phenoxy) is 1. The molecule has 39 heavy (non-hydrogen) atoms. The summed E-state index contributed by atoms with van der Waals surface area (Å²) in [6.07, 6.45) is 6.90. The molecule has 0 radical (unpaired) electrons. The molecule has 9 nitrogen and oxygen atoms in total. The second-order valence-corrected chi connectivity index (χ2v) is 10.1. The van der Waals surface area contributed by atoms with Gasteiger partial charge >= 0.3 is 0 Å². The molecule has 2 amide bonds. The van der Waals surface area contributed by atoms with Gasteiger partial charge in [-0.1, -0.05) is 25.3 Å². The minimum Gasteiger partial charge on any atom is -0.368 e. The van der Waals surface area contributed by atoms with Gasteiger partial charge in [-0.05, 0) is 62.4 Å². The molecule has 0 bridgehead atoms. The molecule has 1 fully saturated rings. The van der Waals surface area contributed by atoms with E-state index >= 15 is 0 Å². The van der Waals surface area contributed by atoms with Crippen LogP contribution in [0.2, 0.25) is 0 Å². The van der Waals surface area contributed by atoms with E-state index in [2.05, 4.69) is 23.6 Å². The van der Waals surface area contributed by atoms with Crippen molar-refractivity contribution in [3.05, 3.63) is 83.4 Å². The summed E-state index contributed by atoms with van der Waals surface area (Å²) in [4.78, 5) is 30.2. The molecule has 2 aromatic rings. The van der Waals surface area contributed by atoms with Crippen molar-refractivity contribution < 1.29 is 19.4 Å². The van der Waals surface area contributed by atoms with Crippen LogP contribution in [0.5, 0.6) is 0 Å². The lowest BCUT2D eigenvalue weighted by Crippen LogP contribution is -2.41. The Balaban J connectivity index is 1.41. The maximum absolute atomic E-state index is 13.7. The number of amides is 2. The van der Waals surface area contributed by atoms with E-state index < -0.39 is 6.29 Å². The molecule has 4 rings (SSSR count). The Kier molecular flexibility index (Phi) is 9.04. The van der Waals surface area contributed by atoms with Crippen LogP contribution in [-0.4, -0.2) is 62.5 Å². The van der Waals surface area contributed by atoms with Gasteiger partial charge in [0.25, 0.3) is 5.91 Å². The Morgan fingerprint density at radius 3 is 2.72 bits per heavy atom. The summed E-state index contributed by atoms with van der Waals surface area (Å²) in [7, 11) is 1.84. The van der Waals surface area contributed by atoms with Crippen LogP contribution in [0.3, 0.4) is 0 Å². The molecule has 1 aromatic carbocycles. The molecule has 2 aliphatic rings. The van der Waals surface area contributed by atoms with E-state index in [1.54, 1.807) is 27.9 Å². The van der Waals surface area contributed by atoms with Crippen molar-refractivity contribution in [2.24, 2.45) is 13.0 Å². The summed E-state index contributed by atoms with van der Waals surface area (Å²) in [6, 6.07) is 5.66. The lowest BCUT2D eigenvalue weighted by molar-refractivity contribution is -0.149. The van der Waals surface area contributed by atoms with E-state index in [-0.39, 0.29) is 17.7 Å². The van der Waals surface area contributed by atoms with Crippen LogP contribution >= 0.6 is 0 Å². The summed E-state index contributed by atoms with van der Waals surface area (Å²) >= 11 is 0. The van der Waals surface area contributed by atoms with Gasteiger partial charge in [-0.2, -0.15) is 5.10 Å². The van der Waals surface area contributed by atoms with Gasteiger partial charge in [0.05, 0.1) is 24.1 Å². The van der Waals surface area contributed by atoms with Crippen molar-refractivity contribution in [2.45, 2.75) is 52.4 Å². The average molecular weight is 534 g/mol. The minimum atomic E-state index is -0.755. The molecule has 0 aliphatic carbocycles. The summed E-state index contributed by atoms with van der Waals surface area (Å²) in [5.74, 6) is 0.841. The number of aliphatic hydroxyl groups excluding tert-OH is 1. The number of allylic oxidation sites excluding steroid dienone is 2. The molecule has 1 aromatic heterocycles. The number of fused-ring (bicyclic) bond motifs is 1. The molecule has 208 valence electrons. The SMILES string of the molecule is C=C/C=C1\C(=C)Nc2c(cnn2C)CN1C(=O)c1ccc(CCC(=O)N2CCC(C(O)OCC)CC2)c(C)c1. The number of carbonyl (C=O) groups is 2. The lowest BCUT2D eigenvalue weighted by Gasteiger charge is -2.34. The van der Waals surface area contributed by atoms with Crippen molar-refractivity contribution in [1.82, 2.24) is 19.6 Å². The molecule has 9 heteroatoms. The van der Waals surface area contributed by atoms with E-state index in [0.29, 0.717) is 56.0 Å². The van der Waals surface area contributed by atoms with Crippen LogP contribution in [-0.2, 0) is 29.5 Å². The summed E-state index contributed by atoms with van der Waals surface area (Å²) in [5.41, 5.74) is 4.70. The van der Waals surface area contributed by atoms with Crippen LogP contribution in [0.1, 0.15) is 53.2 Å². The Labute approximate surface area is 230 Å². The molecule has 2 N–H and O–H groups in total. The number of anilines is 1. The number of nitrogens with zero attached hydrogens (tertiary/aromatic N) is 4. The fourth-order valence-electron chi connectivity index (χ4n) is 5.27. The maximum Gasteiger partial charge on any atom is 0.258 e. The van der Waals surface area contributed by atoms with E-state index in [1.165, 1.54) is 0 Å². The van der Waals surface area contributed by atoms with Gasteiger partial charge in [0.1, 0.15) is 5.82 Å². The topological polar surface area (TPSA) is 99.9 Å². The number of rotatable bonds is 8. The third kappa shape index (κ3) is 6.32. The Hall–Kier alpha value is -3.69. The van der Waals surface area contributed by atoms with Gasteiger partial charge < -0.3 is 25.0 Å². The number of hydrogen-bond donors (Lipinski definition) is 2. The molecule has 1 saturated heterocycles. The van der Waals surface area contributed by atoms with Crippen LogP contribution in [0.4, 0.5) is 5.82 Å². The Morgan fingerprint density at radius 2 is 2.05 bits per heavy atom. The molecule has 2 aliphatic heterocycles. The van der Waals surface area contributed by atoms with E-state index in [9.17, 15) is 14.7 Å². The largest absolute Gasteiger partial charge is 0.368 e. The van der Waals surface area contributed by atoms with Gasteiger partial charge in [-0.25, -0.2) is 0 Å². The first kappa shape index (κ1) is 28.3. The molecule has 0 saturated carbocycles. The first-order valence-corrected chi connectivity index (χ1v) is 13.5. The fourth-order valence-corrected chi connectivity index (χ4v) is 5.27. The van der Waals surface area contributed by atoms with Gasteiger partial charge in [-0.3, -0.25) is 14.3 Å². The normalized spacial score (nSPS) is 17.9. The van der Waals surface area contributed by atoms with E-state index in [0.717, 1.165) is 35.3 Å². The zero-order chi connectivity index (χ0) is 28.1. The first-order chi connectivity index (χ1) is 18.7. The van der Waals surface area contributed by atoms with Crippen LogP contribution < -0.4 is 5.32 Å². The summed E-state index contributed by atoms with van der Waals surface area (Å²) in [5, 5.41) is 17.7. The smallest absolute Gasteiger partial charge is 0.258 e. The number of likely N-dealkylation sites (tertiary alicyclic amines) is 1.